The average molecular weight is 385 g/mol. The Bertz CT molecular complexity index is 1090. The largest absolute Gasteiger partial charge is 0.360 e. The van der Waals surface area contributed by atoms with E-state index in [1.54, 1.807) is 25.1 Å². The van der Waals surface area contributed by atoms with Gasteiger partial charge in [-0.1, -0.05) is 29.4 Å². The zero-order valence-corrected chi connectivity index (χ0v) is 15.0. The van der Waals surface area contributed by atoms with Crippen LogP contribution in [0.25, 0.3) is 0 Å². The fraction of sp³-hybridized carbons (Fsp3) is 0.0556. The van der Waals surface area contributed by atoms with E-state index in [1.807, 2.05) is 0 Å². The quantitative estimate of drug-likeness (QED) is 0.666. The normalized spacial score (nSPS) is 11.0. The Morgan fingerprint density at radius 2 is 1.56 bits per heavy atom. The number of nitrogens with zero attached hydrogens (tertiary/aromatic N) is 1. The van der Waals surface area contributed by atoms with Gasteiger partial charge in [-0.2, -0.15) is 0 Å². The zero-order valence-electron chi connectivity index (χ0n) is 14.2. The molecular formula is C18H15N3O5S. The van der Waals surface area contributed by atoms with E-state index in [2.05, 4.69) is 15.8 Å². The summed E-state index contributed by atoms with van der Waals surface area (Å²) < 4.78 is 30.1. The van der Waals surface area contributed by atoms with Crippen molar-refractivity contribution in [2.75, 3.05) is 10.6 Å². The summed E-state index contributed by atoms with van der Waals surface area (Å²) in [5.41, 5.74) is 0.170. The molecule has 0 radical (unpaired) electrons. The van der Waals surface area contributed by atoms with Gasteiger partial charge in [-0.15, -0.1) is 0 Å². The van der Waals surface area contributed by atoms with Crippen molar-refractivity contribution in [3.63, 3.8) is 0 Å². The molecule has 0 atom stereocenters. The van der Waals surface area contributed by atoms with Crippen LogP contribution in [0.2, 0.25) is 0 Å². The predicted molar refractivity (Wildman–Crippen MR) is 96.8 cm³/mol. The van der Waals surface area contributed by atoms with Gasteiger partial charge in [0.15, 0.2) is 5.82 Å². The van der Waals surface area contributed by atoms with Gasteiger partial charge in [0.1, 0.15) is 5.76 Å². The van der Waals surface area contributed by atoms with Crippen molar-refractivity contribution in [1.82, 2.24) is 5.16 Å². The number of hydrogen-bond donors (Lipinski definition) is 2. The number of rotatable bonds is 4. The molecule has 3 rings (SSSR count). The molecule has 0 aliphatic rings. The lowest BCUT2D eigenvalue weighted by Gasteiger charge is -2.08. The number of nitrogens with one attached hydrogen (secondary N) is 2. The highest BCUT2D eigenvalue weighted by Crippen LogP contribution is 2.23. The van der Waals surface area contributed by atoms with E-state index >= 15 is 0 Å². The third-order valence-corrected chi connectivity index (χ3v) is 5.30. The minimum atomic E-state index is -3.74. The summed E-state index contributed by atoms with van der Waals surface area (Å²) in [4.78, 5) is 24.1. The molecule has 138 valence electrons. The van der Waals surface area contributed by atoms with Crippen LogP contribution in [0.1, 0.15) is 5.76 Å². The molecule has 0 aliphatic carbocycles. The highest BCUT2D eigenvalue weighted by Gasteiger charge is 2.19. The number of carbonyl (C=O) groups is 2. The molecule has 9 heteroatoms. The van der Waals surface area contributed by atoms with Crippen molar-refractivity contribution in [3.8, 4) is 0 Å². The Labute approximate surface area is 155 Å². The van der Waals surface area contributed by atoms with Gasteiger partial charge in [-0.05, 0) is 37.3 Å². The highest BCUT2D eigenvalue weighted by atomic mass is 32.2. The van der Waals surface area contributed by atoms with Crippen LogP contribution >= 0.6 is 0 Å². The SMILES string of the molecule is Cc1cc(NC(=O)C(=O)Nc2cccc(S(=O)(=O)c3ccccc3)c2)no1. The number of aromatic nitrogens is 1. The Morgan fingerprint density at radius 3 is 2.22 bits per heavy atom. The van der Waals surface area contributed by atoms with Gasteiger partial charge in [0.2, 0.25) is 9.84 Å². The Morgan fingerprint density at radius 1 is 0.889 bits per heavy atom. The van der Waals surface area contributed by atoms with Crippen molar-refractivity contribution in [2.24, 2.45) is 0 Å². The van der Waals surface area contributed by atoms with E-state index in [1.165, 1.54) is 42.5 Å². The number of anilines is 2. The number of benzene rings is 2. The van der Waals surface area contributed by atoms with E-state index in [9.17, 15) is 18.0 Å². The molecule has 0 spiro atoms. The van der Waals surface area contributed by atoms with E-state index in [0.29, 0.717) is 5.76 Å². The highest BCUT2D eigenvalue weighted by molar-refractivity contribution is 7.91. The lowest BCUT2D eigenvalue weighted by Crippen LogP contribution is -2.29. The van der Waals surface area contributed by atoms with Crippen LogP contribution in [0.5, 0.6) is 0 Å². The molecule has 8 nitrogen and oxygen atoms in total. The summed E-state index contributed by atoms with van der Waals surface area (Å²) >= 11 is 0. The lowest BCUT2D eigenvalue weighted by atomic mass is 10.3. The molecular weight excluding hydrogens is 370 g/mol. The Balaban J connectivity index is 1.76. The zero-order chi connectivity index (χ0) is 19.4. The van der Waals surface area contributed by atoms with Gasteiger partial charge in [0, 0.05) is 11.8 Å². The fourth-order valence-electron chi connectivity index (χ4n) is 2.26. The number of amides is 2. The summed E-state index contributed by atoms with van der Waals surface area (Å²) in [5.74, 6) is -1.35. The first-order valence-corrected chi connectivity index (χ1v) is 9.30. The molecule has 3 aromatic rings. The molecule has 2 amide bonds. The molecule has 0 aliphatic heterocycles. The van der Waals surface area contributed by atoms with E-state index in [4.69, 9.17) is 4.52 Å². The molecule has 0 saturated heterocycles. The third-order valence-electron chi connectivity index (χ3n) is 3.53. The maximum Gasteiger partial charge on any atom is 0.315 e. The second-order valence-corrected chi connectivity index (χ2v) is 7.53. The Hall–Kier alpha value is -3.46. The third kappa shape index (κ3) is 4.21. The van der Waals surface area contributed by atoms with Crippen molar-refractivity contribution in [3.05, 3.63) is 66.4 Å². The molecule has 0 unspecified atom stereocenters. The molecule has 0 saturated carbocycles. The first-order valence-electron chi connectivity index (χ1n) is 7.82. The van der Waals surface area contributed by atoms with Crippen LogP contribution in [-0.4, -0.2) is 25.4 Å². The van der Waals surface area contributed by atoms with Crippen LogP contribution in [-0.2, 0) is 19.4 Å². The van der Waals surface area contributed by atoms with Crippen LogP contribution in [0.3, 0.4) is 0 Å². The van der Waals surface area contributed by atoms with Gasteiger partial charge < -0.3 is 9.84 Å². The predicted octanol–water partition coefficient (Wildman–Crippen LogP) is 2.39. The summed E-state index contributed by atoms with van der Waals surface area (Å²) in [6.07, 6.45) is 0. The molecule has 0 bridgehead atoms. The number of aryl methyl sites for hydroxylation is 1. The molecule has 0 fully saturated rings. The minimum absolute atomic E-state index is 0.000894. The van der Waals surface area contributed by atoms with Crippen molar-refractivity contribution >= 4 is 33.2 Å². The lowest BCUT2D eigenvalue weighted by molar-refractivity contribution is -0.133. The average Bonchev–Trinajstić information content (AvgIpc) is 3.07. The molecule has 1 heterocycles. The fourth-order valence-corrected chi connectivity index (χ4v) is 3.59. The second kappa shape index (κ2) is 7.42. The first kappa shape index (κ1) is 18.3. The van der Waals surface area contributed by atoms with E-state index in [0.717, 1.165) is 0 Å². The van der Waals surface area contributed by atoms with Crippen molar-refractivity contribution in [2.45, 2.75) is 16.7 Å². The molecule has 27 heavy (non-hydrogen) atoms. The van der Waals surface area contributed by atoms with Gasteiger partial charge in [-0.25, -0.2) is 8.42 Å². The number of carbonyl (C=O) groups excluding carboxylic acids is 2. The maximum atomic E-state index is 12.6. The summed E-state index contributed by atoms with van der Waals surface area (Å²) in [5, 5.41) is 8.20. The number of sulfone groups is 1. The smallest absolute Gasteiger partial charge is 0.315 e. The van der Waals surface area contributed by atoms with Crippen LogP contribution in [0.4, 0.5) is 11.5 Å². The summed E-state index contributed by atoms with van der Waals surface area (Å²) in [6, 6.07) is 15.0. The summed E-state index contributed by atoms with van der Waals surface area (Å²) in [6.45, 7) is 1.64. The van der Waals surface area contributed by atoms with Crippen molar-refractivity contribution < 1.29 is 22.5 Å². The van der Waals surface area contributed by atoms with Gasteiger partial charge in [0.05, 0.1) is 9.79 Å². The van der Waals surface area contributed by atoms with Crippen LogP contribution < -0.4 is 10.6 Å². The van der Waals surface area contributed by atoms with Gasteiger partial charge in [0.25, 0.3) is 0 Å². The van der Waals surface area contributed by atoms with Gasteiger partial charge in [-0.3, -0.25) is 14.9 Å². The standard InChI is InChI=1S/C18H15N3O5S/c1-12-10-16(21-26-12)20-18(23)17(22)19-13-6-5-9-15(11-13)27(24,25)14-7-3-2-4-8-14/h2-11H,1H3,(H,19,22)(H,20,21,23). The van der Waals surface area contributed by atoms with Crippen LogP contribution in [0, 0.1) is 6.92 Å². The topological polar surface area (TPSA) is 118 Å². The second-order valence-electron chi connectivity index (χ2n) is 5.58. The van der Waals surface area contributed by atoms with E-state index in [-0.39, 0.29) is 21.3 Å². The minimum Gasteiger partial charge on any atom is -0.360 e. The molecule has 2 aromatic carbocycles. The monoisotopic (exact) mass is 385 g/mol. The summed E-state index contributed by atoms with van der Waals surface area (Å²) in [7, 11) is -3.74. The Kier molecular flexibility index (Phi) is 5.04. The first-order chi connectivity index (χ1) is 12.9. The van der Waals surface area contributed by atoms with Crippen molar-refractivity contribution in [1.29, 1.82) is 0 Å². The van der Waals surface area contributed by atoms with E-state index < -0.39 is 21.7 Å². The molecule has 1 aromatic heterocycles. The maximum absolute atomic E-state index is 12.6. The molecule has 2 N–H and O–H groups in total. The number of hydrogen-bond acceptors (Lipinski definition) is 6. The van der Waals surface area contributed by atoms with Crippen LogP contribution in [0.15, 0.2) is 75.0 Å². The van der Waals surface area contributed by atoms with Gasteiger partial charge >= 0.3 is 11.8 Å².